The Labute approximate surface area is 141 Å². The maximum atomic E-state index is 13.0. The van der Waals surface area contributed by atoms with Crippen molar-refractivity contribution in [2.24, 2.45) is 0 Å². The first-order valence-electron chi connectivity index (χ1n) is 8.34. The molecule has 4 nitrogen and oxygen atoms in total. The van der Waals surface area contributed by atoms with Crippen LogP contribution in [0.4, 0.5) is 15.8 Å². The Balaban J connectivity index is 1.54. The summed E-state index contributed by atoms with van der Waals surface area (Å²) in [4.78, 5) is 15.9. The van der Waals surface area contributed by atoms with Gasteiger partial charge in [0.1, 0.15) is 5.82 Å². The van der Waals surface area contributed by atoms with Gasteiger partial charge in [0, 0.05) is 11.4 Å². The van der Waals surface area contributed by atoms with Crippen LogP contribution in [0.5, 0.6) is 0 Å². The van der Waals surface area contributed by atoms with Gasteiger partial charge in [0.25, 0.3) is 5.91 Å². The minimum atomic E-state index is -0.214. The maximum Gasteiger partial charge on any atom is 0.282 e. The number of carbonyl (C=O) groups is 1. The molecule has 0 bridgehead atoms. The van der Waals surface area contributed by atoms with Crippen molar-refractivity contribution in [2.75, 3.05) is 36.4 Å². The van der Waals surface area contributed by atoms with E-state index in [0.717, 1.165) is 37.6 Å². The number of rotatable bonds is 4. The average Bonchev–Trinajstić information content (AvgIpc) is 2.63. The summed E-state index contributed by atoms with van der Waals surface area (Å²) < 4.78 is 13.0. The standard InChI is InChI=1S/C19H22FN3O/c1-15(19(24)21-17-5-3-2-4-6-17)22-11-13-23(14-12-22)18-9-7-16(20)8-10-18/h2-10,15H,11-14H2,1H3,(H,21,24)/p+1/t15-/m0/s1. The van der Waals surface area contributed by atoms with Crippen LogP contribution in [0.25, 0.3) is 0 Å². The van der Waals surface area contributed by atoms with Crippen LogP contribution in [0.3, 0.4) is 0 Å². The number of hydrogen-bond donors (Lipinski definition) is 2. The number of nitrogens with one attached hydrogen (secondary N) is 2. The Morgan fingerprint density at radius 3 is 2.33 bits per heavy atom. The summed E-state index contributed by atoms with van der Waals surface area (Å²) in [5.74, 6) is -0.166. The van der Waals surface area contributed by atoms with Crippen molar-refractivity contribution in [1.82, 2.24) is 0 Å². The molecule has 1 aliphatic rings. The Bertz CT molecular complexity index is 667. The summed E-state index contributed by atoms with van der Waals surface area (Å²) in [5, 5.41) is 2.97. The number of benzene rings is 2. The van der Waals surface area contributed by atoms with Gasteiger partial charge in [-0.05, 0) is 43.3 Å². The van der Waals surface area contributed by atoms with Gasteiger partial charge in [0.2, 0.25) is 0 Å². The summed E-state index contributed by atoms with van der Waals surface area (Å²) >= 11 is 0. The molecule has 5 heteroatoms. The molecule has 0 aliphatic carbocycles. The Morgan fingerprint density at radius 2 is 1.71 bits per heavy atom. The van der Waals surface area contributed by atoms with E-state index in [2.05, 4.69) is 10.2 Å². The zero-order chi connectivity index (χ0) is 16.9. The Morgan fingerprint density at radius 1 is 1.08 bits per heavy atom. The van der Waals surface area contributed by atoms with Crippen LogP contribution < -0.4 is 15.1 Å². The molecule has 1 amide bonds. The van der Waals surface area contributed by atoms with E-state index in [1.807, 2.05) is 49.4 Å². The third-order valence-corrected chi connectivity index (χ3v) is 4.64. The van der Waals surface area contributed by atoms with Gasteiger partial charge < -0.3 is 15.1 Å². The lowest BCUT2D eigenvalue weighted by Gasteiger charge is -2.36. The Kier molecular flexibility index (Phi) is 5.11. The van der Waals surface area contributed by atoms with E-state index in [0.29, 0.717) is 0 Å². The SMILES string of the molecule is C[C@@H](C(=O)Nc1ccccc1)[NH+]1CCN(c2ccc(F)cc2)CC1. The van der Waals surface area contributed by atoms with E-state index >= 15 is 0 Å². The minimum Gasteiger partial charge on any atom is -0.360 e. The fraction of sp³-hybridized carbons (Fsp3) is 0.316. The number of halogens is 1. The van der Waals surface area contributed by atoms with E-state index in [-0.39, 0.29) is 17.8 Å². The maximum absolute atomic E-state index is 13.0. The summed E-state index contributed by atoms with van der Waals surface area (Å²) in [6.07, 6.45) is 0. The van der Waals surface area contributed by atoms with Crippen LogP contribution in [-0.2, 0) is 4.79 Å². The van der Waals surface area contributed by atoms with Gasteiger partial charge in [-0.3, -0.25) is 4.79 Å². The number of amides is 1. The second kappa shape index (κ2) is 7.45. The molecule has 3 rings (SSSR count). The molecule has 24 heavy (non-hydrogen) atoms. The summed E-state index contributed by atoms with van der Waals surface area (Å²) in [5.41, 5.74) is 1.87. The van der Waals surface area contributed by atoms with Crippen molar-refractivity contribution in [3.05, 3.63) is 60.4 Å². The van der Waals surface area contributed by atoms with Crippen molar-refractivity contribution in [3.63, 3.8) is 0 Å². The lowest BCUT2D eigenvalue weighted by atomic mass is 10.2. The average molecular weight is 328 g/mol. The molecule has 0 radical (unpaired) electrons. The van der Waals surface area contributed by atoms with Crippen molar-refractivity contribution in [2.45, 2.75) is 13.0 Å². The third-order valence-electron chi connectivity index (χ3n) is 4.64. The molecule has 2 N–H and O–H groups in total. The largest absolute Gasteiger partial charge is 0.360 e. The molecular weight excluding hydrogens is 305 g/mol. The van der Waals surface area contributed by atoms with Crippen LogP contribution in [0.1, 0.15) is 6.92 Å². The number of hydrogen-bond acceptors (Lipinski definition) is 2. The second-order valence-electron chi connectivity index (χ2n) is 6.20. The van der Waals surface area contributed by atoms with Gasteiger partial charge in [-0.25, -0.2) is 4.39 Å². The van der Waals surface area contributed by atoms with Crippen LogP contribution >= 0.6 is 0 Å². The molecular formula is C19H23FN3O+. The highest BCUT2D eigenvalue weighted by Crippen LogP contribution is 2.14. The monoisotopic (exact) mass is 328 g/mol. The van der Waals surface area contributed by atoms with Gasteiger partial charge >= 0.3 is 0 Å². The number of para-hydroxylation sites is 1. The second-order valence-corrected chi connectivity index (χ2v) is 6.20. The Hall–Kier alpha value is -2.40. The summed E-state index contributed by atoms with van der Waals surface area (Å²) in [6.45, 7) is 5.48. The first-order valence-corrected chi connectivity index (χ1v) is 8.34. The molecule has 126 valence electrons. The highest BCUT2D eigenvalue weighted by atomic mass is 19.1. The van der Waals surface area contributed by atoms with Crippen molar-refractivity contribution in [3.8, 4) is 0 Å². The first-order chi connectivity index (χ1) is 11.6. The van der Waals surface area contributed by atoms with Crippen molar-refractivity contribution >= 4 is 17.3 Å². The van der Waals surface area contributed by atoms with E-state index in [4.69, 9.17) is 0 Å². The van der Waals surface area contributed by atoms with Gasteiger partial charge in [0.15, 0.2) is 6.04 Å². The molecule has 2 aromatic rings. The molecule has 0 spiro atoms. The van der Waals surface area contributed by atoms with Crippen LogP contribution in [0, 0.1) is 5.82 Å². The smallest absolute Gasteiger partial charge is 0.282 e. The molecule has 1 heterocycles. The number of nitrogens with zero attached hydrogens (tertiary/aromatic N) is 1. The van der Waals surface area contributed by atoms with Crippen molar-refractivity contribution < 1.29 is 14.1 Å². The molecule has 2 aromatic carbocycles. The van der Waals surface area contributed by atoms with E-state index in [1.54, 1.807) is 0 Å². The molecule has 0 unspecified atom stereocenters. The van der Waals surface area contributed by atoms with Crippen LogP contribution in [0.15, 0.2) is 54.6 Å². The highest BCUT2D eigenvalue weighted by molar-refractivity contribution is 5.93. The molecule has 0 aromatic heterocycles. The third kappa shape index (κ3) is 3.92. The predicted octanol–water partition coefficient (Wildman–Crippen LogP) is 1.56. The fourth-order valence-corrected chi connectivity index (χ4v) is 3.09. The molecule has 1 saturated heterocycles. The molecule has 0 saturated carbocycles. The van der Waals surface area contributed by atoms with E-state index in [9.17, 15) is 9.18 Å². The van der Waals surface area contributed by atoms with Gasteiger partial charge in [-0.2, -0.15) is 0 Å². The zero-order valence-corrected chi connectivity index (χ0v) is 13.8. The van der Waals surface area contributed by atoms with Crippen LogP contribution in [0.2, 0.25) is 0 Å². The van der Waals surface area contributed by atoms with Gasteiger partial charge in [-0.15, -0.1) is 0 Å². The lowest BCUT2D eigenvalue weighted by Crippen LogP contribution is -3.19. The van der Waals surface area contributed by atoms with E-state index < -0.39 is 0 Å². The summed E-state index contributed by atoms with van der Waals surface area (Å²) in [7, 11) is 0. The fourth-order valence-electron chi connectivity index (χ4n) is 3.09. The quantitative estimate of drug-likeness (QED) is 0.894. The predicted molar refractivity (Wildman–Crippen MR) is 93.8 cm³/mol. The van der Waals surface area contributed by atoms with Gasteiger partial charge in [-0.1, -0.05) is 18.2 Å². The van der Waals surface area contributed by atoms with E-state index in [1.165, 1.54) is 17.0 Å². The minimum absolute atomic E-state index is 0.0476. The number of piperazine rings is 1. The zero-order valence-electron chi connectivity index (χ0n) is 13.8. The molecule has 1 atom stereocenters. The topological polar surface area (TPSA) is 36.8 Å². The number of quaternary nitrogens is 1. The van der Waals surface area contributed by atoms with Crippen LogP contribution in [-0.4, -0.2) is 38.1 Å². The summed E-state index contributed by atoms with van der Waals surface area (Å²) in [6, 6.07) is 16.0. The highest BCUT2D eigenvalue weighted by Gasteiger charge is 2.29. The van der Waals surface area contributed by atoms with Gasteiger partial charge in [0.05, 0.1) is 26.2 Å². The lowest BCUT2D eigenvalue weighted by molar-refractivity contribution is -0.914. The normalized spacial score (nSPS) is 16.7. The molecule has 1 aliphatic heterocycles. The molecule has 1 fully saturated rings. The number of anilines is 2. The first kappa shape index (κ1) is 16.5. The van der Waals surface area contributed by atoms with Crippen molar-refractivity contribution in [1.29, 1.82) is 0 Å². The number of carbonyl (C=O) groups excluding carboxylic acids is 1.